The first kappa shape index (κ1) is 23.4. The summed E-state index contributed by atoms with van der Waals surface area (Å²) in [5.41, 5.74) is 16.4. The molecule has 1 aliphatic heterocycles. The summed E-state index contributed by atoms with van der Waals surface area (Å²) < 4.78 is 5.53. The van der Waals surface area contributed by atoms with Gasteiger partial charge >= 0.3 is 6.09 Å². The van der Waals surface area contributed by atoms with Crippen LogP contribution in [0.1, 0.15) is 80.4 Å². The van der Waals surface area contributed by atoms with Crippen LogP contribution in [0.3, 0.4) is 0 Å². The Hall–Kier alpha value is -3.22. The molecule has 1 aliphatic rings. The van der Waals surface area contributed by atoms with Crippen LogP contribution in [0.2, 0.25) is 0 Å². The number of hydrogen-bond acceptors (Lipinski definition) is 5. The molecule has 1 unspecified atom stereocenters. The number of nitrogen functional groups attached to an aromatic ring is 2. The van der Waals surface area contributed by atoms with Crippen LogP contribution < -0.4 is 16.8 Å². The molecule has 0 radical (unpaired) electrons. The SMILES string of the molecule is CC(C)c1cc(N)c(N)c(NC(=O)c2ccc3c(c2)CN(C(=O)OC(C)(C)C)CC3C)c1. The number of ether oxygens (including phenoxy) is 1. The van der Waals surface area contributed by atoms with Gasteiger partial charge in [0.1, 0.15) is 5.60 Å². The molecule has 5 N–H and O–H groups in total. The molecular formula is C25H34N4O3. The van der Waals surface area contributed by atoms with Crippen molar-refractivity contribution in [2.24, 2.45) is 0 Å². The van der Waals surface area contributed by atoms with Crippen LogP contribution in [-0.4, -0.2) is 29.0 Å². The Balaban J connectivity index is 1.84. The van der Waals surface area contributed by atoms with Crippen molar-refractivity contribution in [3.05, 3.63) is 52.6 Å². The smallest absolute Gasteiger partial charge is 0.410 e. The number of carbonyl (C=O) groups excluding carboxylic acids is 2. The number of amides is 2. The molecule has 3 rings (SSSR count). The quantitative estimate of drug-likeness (QED) is 0.579. The third kappa shape index (κ3) is 5.15. The molecule has 32 heavy (non-hydrogen) atoms. The van der Waals surface area contributed by atoms with E-state index < -0.39 is 5.60 Å². The van der Waals surface area contributed by atoms with E-state index in [-0.39, 0.29) is 23.8 Å². The van der Waals surface area contributed by atoms with Gasteiger partial charge in [-0.25, -0.2) is 4.79 Å². The van der Waals surface area contributed by atoms with Crippen LogP contribution in [0.4, 0.5) is 21.9 Å². The summed E-state index contributed by atoms with van der Waals surface area (Å²) in [6, 6.07) is 9.30. The number of carbonyl (C=O) groups is 2. The maximum absolute atomic E-state index is 13.0. The van der Waals surface area contributed by atoms with E-state index >= 15 is 0 Å². The van der Waals surface area contributed by atoms with E-state index in [2.05, 4.69) is 26.1 Å². The van der Waals surface area contributed by atoms with Gasteiger partial charge < -0.3 is 26.4 Å². The molecule has 1 atom stereocenters. The summed E-state index contributed by atoms with van der Waals surface area (Å²) in [4.78, 5) is 27.3. The Morgan fingerprint density at radius 1 is 1.16 bits per heavy atom. The second-order valence-corrected chi connectivity index (χ2v) is 9.86. The number of anilines is 3. The van der Waals surface area contributed by atoms with Gasteiger partial charge in [-0.05, 0) is 73.6 Å². The predicted octanol–water partition coefficient (Wildman–Crippen LogP) is 5.08. The molecule has 0 bridgehead atoms. The zero-order chi connectivity index (χ0) is 23.8. The molecule has 2 amide bonds. The Labute approximate surface area is 190 Å². The third-order valence-electron chi connectivity index (χ3n) is 5.59. The Kier molecular flexibility index (Phi) is 6.39. The van der Waals surface area contributed by atoms with E-state index in [0.29, 0.717) is 35.7 Å². The molecule has 172 valence electrons. The normalized spacial score (nSPS) is 16.0. The fourth-order valence-electron chi connectivity index (χ4n) is 3.86. The van der Waals surface area contributed by atoms with E-state index in [1.165, 1.54) is 0 Å². The molecule has 7 heteroatoms. The van der Waals surface area contributed by atoms with Crippen molar-refractivity contribution in [3.63, 3.8) is 0 Å². The van der Waals surface area contributed by atoms with Gasteiger partial charge in [0.15, 0.2) is 0 Å². The molecule has 2 aromatic rings. The van der Waals surface area contributed by atoms with Gasteiger partial charge in [-0.1, -0.05) is 26.8 Å². The molecule has 7 nitrogen and oxygen atoms in total. The molecule has 0 aromatic heterocycles. The number of nitrogens with one attached hydrogen (secondary N) is 1. The number of nitrogens with two attached hydrogens (primary N) is 2. The lowest BCUT2D eigenvalue weighted by molar-refractivity contribution is 0.0209. The summed E-state index contributed by atoms with van der Waals surface area (Å²) in [5, 5.41) is 2.90. The van der Waals surface area contributed by atoms with Gasteiger partial charge in [0.2, 0.25) is 0 Å². The monoisotopic (exact) mass is 438 g/mol. The van der Waals surface area contributed by atoms with Crippen molar-refractivity contribution in [2.45, 2.75) is 65.5 Å². The largest absolute Gasteiger partial charge is 0.444 e. The van der Waals surface area contributed by atoms with E-state index in [1.54, 1.807) is 11.0 Å². The highest BCUT2D eigenvalue weighted by atomic mass is 16.6. The molecule has 0 saturated heterocycles. The van der Waals surface area contributed by atoms with Gasteiger partial charge in [0, 0.05) is 18.7 Å². The maximum Gasteiger partial charge on any atom is 0.410 e. The van der Waals surface area contributed by atoms with Gasteiger partial charge in [-0.2, -0.15) is 0 Å². The van der Waals surface area contributed by atoms with Gasteiger partial charge in [-0.15, -0.1) is 0 Å². The van der Waals surface area contributed by atoms with Crippen molar-refractivity contribution in [3.8, 4) is 0 Å². The first-order chi connectivity index (χ1) is 14.9. The highest BCUT2D eigenvalue weighted by molar-refractivity contribution is 6.06. The Morgan fingerprint density at radius 3 is 2.47 bits per heavy atom. The first-order valence-corrected chi connectivity index (χ1v) is 11.0. The van der Waals surface area contributed by atoms with Crippen LogP contribution in [0.25, 0.3) is 0 Å². The lowest BCUT2D eigenvalue weighted by atomic mass is 9.90. The molecule has 2 aromatic carbocycles. The van der Waals surface area contributed by atoms with Crippen LogP contribution >= 0.6 is 0 Å². The van der Waals surface area contributed by atoms with E-state index in [1.807, 2.05) is 45.0 Å². The Morgan fingerprint density at radius 2 is 1.84 bits per heavy atom. The summed E-state index contributed by atoms with van der Waals surface area (Å²) >= 11 is 0. The minimum atomic E-state index is -0.561. The Bertz CT molecular complexity index is 1040. The summed E-state index contributed by atoms with van der Waals surface area (Å²) in [5.74, 6) is 0.112. The second-order valence-electron chi connectivity index (χ2n) is 9.86. The maximum atomic E-state index is 13.0. The summed E-state index contributed by atoms with van der Waals surface area (Å²) in [6.07, 6.45) is -0.349. The van der Waals surface area contributed by atoms with Crippen LogP contribution in [0.5, 0.6) is 0 Å². The van der Waals surface area contributed by atoms with Crippen LogP contribution in [0, 0.1) is 0 Å². The minimum absolute atomic E-state index is 0.140. The number of nitrogens with zero attached hydrogens (tertiary/aromatic N) is 1. The average Bonchev–Trinajstić information content (AvgIpc) is 2.69. The van der Waals surface area contributed by atoms with E-state index in [9.17, 15) is 9.59 Å². The number of hydrogen-bond donors (Lipinski definition) is 3. The zero-order valence-electron chi connectivity index (χ0n) is 19.8. The van der Waals surface area contributed by atoms with Gasteiger partial charge in [-0.3, -0.25) is 4.79 Å². The van der Waals surface area contributed by atoms with Crippen molar-refractivity contribution in [2.75, 3.05) is 23.3 Å². The van der Waals surface area contributed by atoms with Crippen molar-refractivity contribution >= 4 is 29.1 Å². The van der Waals surface area contributed by atoms with E-state index in [0.717, 1.165) is 16.7 Å². The topological polar surface area (TPSA) is 111 Å². The number of benzene rings is 2. The highest BCUT2D eigenvalue weighted by Crippen LogP contribution is 2.32. The molecule has 0 aliphatic carbocycles. The van der Waals surface area contributed by atoms with Crippen molar-refractivity contribution in [1.29, 1.82) is 0 Å². The molecule has 0 saturated carbocycles. The standard InChI is InChI=1S/C25H34N4O3/c1-14(2)17-10-20(26)22(27)21(11-17)28-23(30)16-7-8-19-15(3)12-29(13-18(19)9-16)24(31)32-25(4,5)6/h7-11,14-15H,12-13,26-27H2,1-6H3,(H,28,30). The third-order valence-corrected chi connectivity index (χ3v) is 5.59. The van der Waals surface area contributed by atoms with Crippen molar-refractivity contribution < 1.29 is 14.3 Å². The summed E-state index contributed by atoms with van der Waals surface area (Å²) in [7, 11) is 0. The predicted molar refractivity (Wildman–Crippen MR) is 129 cm³/mol. The number of fused-ring (bicyclic) bond motifs is 1. The fraction of sp³-hybridized carbons (Fsp3) is 0.440. The second kappa shape index (κ2) is 8.73. The summed E-state index contributed by atoms with van der Waals surface area (Å²) in [6.45, 7) is 12.7. The zero-order valence-corrected chi connectivity index (χ0v) is 19.8. The number of rotatable bonds is 3. The van der Waals surface area contributed by atoms with Crippen LogP contribution in [0.15, 0.2) is 30.3 Å². The fourth-order valence-corrected chi connectivity index (χ4v) is 3.86. The first-order valence-electron chi connectivity index (χ1n) is 11.0. The molecule has 0 fully saturated rings. The minimum Gasteiger partial charge on any atom is -0.444 e. The lowest BCUT2D eigenvalue weighted by Crippen LogP contribution is -2.41. The molecule has 0 spiro atoms. The average molecular weight is 439 g/mol. The van der Waals surface area contributed by atoms with Gasteiger partial charge in [0.25, 0.3) is 5.91 Å². The van der Waals surface area contributed by atoms with E-state index in [4.69, 9.17) is 16.2 Å². The molecular weight excluding hydrogens is 404 g/mol. The highest BCUT2D eigenvalue weighted by Gasteiger charge is 2.29. The van der Waals surface area contributed by atoms with Gasteiger partial charge in [0.05, 0.1) is 17.1 Å². The van der Waals surface area contributed by atoms with Crippen LogP contribution in [-0.2, 0) is 11.3 Å². The lowest BCUT2D eigenvalue weighted by Gasteiger charge is -2.34. The molecule has 1 heterocycles. The van der Waals surface area contributed by atoms with Crippen molar-refractivity contribution in [1.82, 2.24) is 4.90 Å².